The topological polar surface area (TPSA) is 41.6 Å². The van der Waals surface area contributed by atoms with Gasteiger partial charge in [0.25, 0.3) is 0 Å². The third kappa shape index (κ3) is 2.39. The molecule has 56 valence electrons. The van der Waals surface area contributed by atoms with Gasteiger partial charge in [-0.2, -0.15) is 16.9 Å². The number of H-pyrrole nitrogens is 1. The molecule has 0 aromatic carbocycles. The standard InChI is InChI=1S/C6H11N3S/c1-5(2)10-3-6-7-4-8-9-6/h4-5H,3H2,1-2H3,(H,7,8,9). The van der Waals surface area contributed by atoms with Gasteiger partial charge in [-0.15, -0.1) is 0 Å². The van der Waals surface area contributed by atoms with Crippen LogP contribution in [0.15, 0.2) is 6.33 Å². The van der Waals surface area contributed by atoms with E-state index in [-0.39, 0.29) is 0 Å². The van der Waals surface area contributed by atoms with Gasteiger partial charge < -0.3 is 0 Å². The Morgan fingerprint density at radius 1 is 1.70 bits per heavy atom. The van der Waals surface area contributed by atoms with Crippen LogP contribution in [0.4, 0.5) is 0 Å². The molecule has 4 heteroatoms. The third-order valence-electron chi connectivity index (χ3n) is 1.02. The third-order valence-corrected chi connectivity index (χ3v) is 2.13. The number of nitrogens with zero attached hydrogens (tertiary/aromatic N) is 2. The number of nitrogens with one attached hydrogen (secondary N) is 1. The summed E-state index contributed by atoms with van der Waals surface area (Å²) in [7, 11) is 0. The quantitative estimate of drug-likeness (QED) is 0.722. The van der Waals surface area contributed by atoms with Crippen LogP contribution in [0.2, 0.25) is 0 Å². The molecule has 1 heterocycles. The van der Waals surface area contributed by atoms with Crippen LogP contribution in [0.25, 0.3) is 0 Å². The Bertz CT molecular complexity index is 171. The highest BCUT2D eigenvalue weighted by molar-refractivity contribution is 7.99. The summed E-state index contributed by atoms with van der Waals surface area (Å²) in [5.74, 6) is 1.89. The van der Waals surface area contributed by atoms with Crippen molar-refractivity contribution < 1.29 is 0 Å². The average Bonchev–Trinajstić information content (AvgIpc) is 2.34. The molecule has 0 aliphatic heterocycles. The lowest BCUT2D eigenvalue weighted by atomic mass is 10.6. The summed E-state index contributed by atoms with van der Waals surface area (Å²) < 4.78 is 0. The summed E-state index contributed by atoms with van der Waals surface area (Å²) in [6.45, 7) is 4.34. The molecule has 0 unspecified atom stereocenters. The first-order valence-corrected chi connectivity index (χ1v) is 4.29. The molecule has 0 bridgehead atoms. The highest BCUT2D eigenvalue weighted by Gasteiger charge is 1.97. The Kier molecular flexibility index (Phi) is 2.74. The number of hydrogen-bond donors (Lipinski definition) is 1. The minimum Gasteiger partial charge on any atom is -0.263 e. The smallest absolute Gasteiger partial charge is 0.137 e. The van der Waals surface area contributed by atoms with Crippen LogP contribution < -0.4 is 0 Å². The summed E-state index contributed by atoms with van der Waals surface area (Å²) >= 11 is 1.86. The van der Waals surface area contributed by atoms with Gasteiger partial charge in [-0.1, -0.05) is 13.8 Å². The van der Waals surface area contributed by atoms with Crippen molar-refractivity contribution in [2.45, 2.75) is 24.9 Å². The van der Waals surface area contributed by atoms with Gasteiger partial charge >= 0.3 is 0 Å². The minimum atomic E-state index is 0.658. The zero-order chi connectivity index (χ0) is 7.40. The van der Waals surface area contributed by atoms with Crippen LogP contribution in [-0.4, -0.2) is 20.4 Å². The van der Waals surface area contributed by atoms with Gasteiger partial charge in [0.2, 0.25) is 0 Å². The van der Waals surface area contributed by atoms with E-state index < -0.39 is 0 Å². The number of thioether (sulfide) groups is 1. The molecule has 0 aliphatic rings. The number of hydrogen-bond acceptors (Lipinski definition) is 3. The van der Waals surface area contributed by atoms with E-state index in [0.717, 1.165) is 11.6 Å². The predicted octanol–water partition coefficient (Wildman–Crippen LogP) is 1.45. The first kappa shape index (κ1) is 7.60. The lowest BCUT2D eigenvalue weighted by Crippen LogP contribution is -1.90. The summed E-state index contributed by atoms with van der Waals surface area (Å²) in [6.07, 6.45) is 1.54. The monoisotopic (exact) mass is 157 g/mol. The van der Waals surface area contributed by atoms with Gasteiger partial charge in [0.1, 0.15) is 12.2 Å². The highest BCUT2D eigenvalue weighted by atomic mass is 32.2. The van der Waals surface area contributed by atoms with Crippen molar-refractivity contribution in [1.82, 2.24) is 15.2 Å². The SMILES string of the molecule is CC(C)SCc1ncn[nH]1. The molecule has 3 nitrogen and oxygen atoms in total. The number of aromatic nitrogens is 3. The van der Waals surface area contributed by atoms with Crippen molar-refractivity contribution in [3.05, 3.63) is 12.2 Å². The van der Waals surface area contributed by atoms with Crippen molar-refractivity contribution in [3.8, 4) is 0 Å². The molecule has 1 rings (SSSR count). The Labute approximate surface area is 64.6 Å². The fraction of sp³-hybridized carbons (Fsp3) is 0.667. The fourth-order valence-corrected chi connectivity index (χ4v) is 1.18. The maximum absolute atomic E-state index is 4.00. The Morgan fingerprint density at radius 3 is 3.00 bits per heavy atom. The minimum absolute atomic E-state index is 0.658. The van der Waals surface area contributed by atoms with Crippen LogP contribution in [0.1, 0.15) is 19.7 Å². The Morgan fingerprint density at radius 2 is 2.50 bits per heavy atom. The molecule has 0 spiro atoms. The van der Waals surface area contributed by atoms with Crippen LogP contribution in [0.5, 0.6) is 0 Å². The number of rotatable bonds is 3. The largest absolute Gasteiger partial charge is 0.263 e. The van der Waals surface area contributed by atoms with E-state index in [9.17, 15) is 0 Å². The molecule has 0 amide bonds. The van der Waals surface area contributed by atoms with E-state index >= 15 is 0 Å². The Balaban J connectivity index is 2.28. The van der Waals surface area contributed by atoms with Gasteiger partial charge in [0.15, 0.2) is 0 Å². The predicted molar refractivity (Wildman–Crippen MR) is 42.8 cm³/mol. The van der Waals surface area contributed by atoms with Crippen molar-refractivity contribution in [2.75, 3.05) is 0 Å². The van der Waals surface area contributed by atoms with E-state index in [1.807, 2.05) is 11.8 Å². The molecule has 10 heavy (non-hydrogen) atoms. The van der Waals surface area contributed by atoms with Crippen LogP contribution in [-0.2, 0) is 5.75 Å². The first-order valence-electron chi connectivity index (χ1n) is 3.25. The molecule has 1 aromatic rings. The van der Waals surface area contributed by atoms with Crippen LogP contribution in [0.3, 0.4) is 0 Å². The molecule has 0 saturated heterocycles. The van der Waals surface area contributed by atoms with E-state index in [0.29, 0.717) is 5.25 Å². The molecule has 1 N–H and O–H groups in total. The average molecular weight is 157 g/mol. The van der Waals surface area contributed by atoms with Gasteiger partial charge in [-0.3, -0.25) is 5.10 Å². The maximum Gasteiger partial charge on any atom is 0.137 e. The molecule has 0 aliphatic carbocycles. The lowest BCUT2D eigenvalue weighted by molar-refractivity contribution is 1.02. The van der Waals surface area contributed by atoms with Gasteiger partial charge in [-0.25, -0.2) is 4.98 Å². The molecule has 0 saturated carbocycles. The van der Waals surface area contributed by atoms with E-state index in [4.69, 9.17) is 0 Å². The number of aromatic amines is 1. The van der Waals surface area contributed by atoms with E-state index in [1.54, 1.807) is 0 Å². The molecular formula is C6H11N3S. The molecule has 0 atom stereocenters. The highest BCUT2D eigenvalue weighted by Crippen LogP contribution is 2.13. The summed E-state index contributed by atoms with van der Waals surface area (Å²) in [4.78, 5) is 4.00. The Hall–Kier alpha value is -0.510. The molecule has 1 aromatic heterocycles. The van der Waals surface area contributed by atoms with Gasteiger partial charge in [0.05, 0.1) is 5.75 Å². The summed E-state index contributed by atoms with van der Waals surface area (Å²) in [5, 5.41) is 7.22. The van der Waals surface area contributed by atoms with Crippen molar-refractivity contribution in [3.63, 3.8) is 0 Å². The molecule has 0 radical (unpaired) electrons. The van der Waals surface area contributed by atoms with E-state index in [1.165, 1.54) is 6.33 Å². The fourth-order valence-electron chi connectivity index (χ4n) is 0.546. The second-order valence-electron chi connectivity index (χ2n) is 2.29. The van der Waals surface area contributed by atoms with E-state index in [2.05, 4.69) is 29.0 Å². The second kappa shape index (κ2) is 3.61. The normalized spacial score (nSPS) is 10.7. The first-order chi connectivity index (χ1) is 4.79. The van der Waals surface area contributed by atoms with Gasteiger partial charge in [-0.05, 0) is 5.25 Å². The van der Waals surface area contributed by atoms with Gasteiger partial charge in [0, 0.05) is 0 Å². The maximum atomic E-state index is 4.00. The molecule has 0 fully saturated rings. The second-order valence-corrected chi connectivity index (χ2v) is 3.86. The summed E-state index contributed by atoms with van der Waals surface area (Å²) in [5.41, 5.74) is 0. The van der Waals surface area contributed by atoms with Crippen LogP contribution in [0, 0.1) is 0 Å². The molecular weight excluding hydrogens is 146 g/mol. The van der Waals surface area contributed by atoms with Crippen molar-refractivity contribution in [2.24, 2.45) is 0 Å². The lowest BCUT2D eigenvalue weighted by Gasteiger charge is -1.99. The summed E-state index contributed by atoms with van der Waals surface area (Å²) in [6, 6.07) is 0. The zero-order valence-corrected chi connectivity index (χ0v) is 6.98. The van der Waals surface area contributed by atoms with Crippen LogP contribution >= 0.6 is 11.8 Å². The van der Waals surface area contributed by atoms with Crippen molar-refractivity contribution in [1.29, 1.82) is 0 Å². The van der Waals surface area contributed by atoms with Crippen molar-refractivity contribution >= 4 is 11.8 Å². The zero-order valence-electron chi connectivity index (χ0n) is 6.16.